The Labute approximate surface area is 302 Å². The monoisotopic (exact) mass is 760 g/mol. The van der Waals surface area contributed by atoms with Crippen molar-refractivity contribution in [1.29, 1.82) is 0 Å². The van der Waals surface area contributed by atoms with Crippen LogP contribution in [0.4, 0.5) is 9.59 Å². The maximum atomic E-state index is 13.9. The van der Waals surface area contributed by atoms with Gasteiger partial charge in [-0.1, -0.05) is 25.5 Å². The van der Waals surface area contributed by atoms with Crippen LogP contribution in [0.25, 0.3) is 43.5 Å². The second-order valence-electron chi connectivity index (χ2n) is 14.0. The Morgan fingerprint density at radius 2 is 1.45 bits per heavy atom. The largest absolute Gasteiger partial charge is 0.422 e. The number of benzene rings is 3. The van der Waals surface area contributed by atoms with E-state index in [1.807, 2.05) is 0 Å². The molecule has 0 spiro atoms. The number of hydrogen-bond acceptors (Lipinski definition) is 10. The number of likely N-dealkylation sites (tertiary alicyclic amines) is 3. The van der Waals surface area contributed by atoms with E-state index in [1.165, 1.54) is 19.3 Å². The quantitative estimate of drug-likeness (QED) is 0.108. The Bertz CT molecular complexity index is 2250. The number of nitrogens with zero attached hydrogens (tertiary/aromatic N) is 4. The number of piperidine rings is 3. The fraction of sp³-hybridized carbons (Fsp3) is 0.474. The molecule has 12 nitrogen and oxygen atoms in total. The molecule has 3 aromatic carbocycles. The zero-order valence-electron chi connectivity index (χ0n) is 28.9. The molecule has 8 rings (SSSR count). The van der Waals surface area contributed by atoms with Gasteiger partial charge < -0.3 is 37.9 Å². The van der Waals surface area contributed by atoms with Gasteiger partial charge in [0.25, 0.3) is 0 Å². The average Bonchev–Trinajstić information content (AvgIpc) is 3.16. The summed E-state index contributed by atoms with van der Waals surface area (Å²) in [7, 11) is 2.09. The molecule has 3 aliphatic heterocycles. The molecule has 0 unspecified atom stereocenters. The molecule has 0 radical (unpaired) electrons. The molecule has 5 aromatic rings. The van der Waals surface area contributed by atoms with E-state index in [-0.39, 0.29) is 49.6 Å². The second kappa shape index (κ2) is 13.7. The Morgan fingerprint density at radius 1 is 0.784 bits per heavy atom. The van der Waals surface area contributed by atoms with Gasteiger partial charge in [-0.05, 0) is 99.3 Å². The third kappa shape index (κ3) is 6.02. The Kier molecular flexibility index (Phi) is 9.14. The maximum absolute atomic E-state index is 13.9. The van der Waals surface area contributed by atoms with Crippen molar-refractivity contribution in [2.45, 2.75) is 64.0 Å². The van der Waals surface area contributed by atoms with Gasteiger partial charge in [0.2, 0.25) is 0 Å². The smallest absolute Gasteiger partial charge is 0.415 e. The number of carbonyl (C=O) groups excluding carboxylic acids is 2. The summed E-state index contributed by atoms with van der Waals surface area (Å²) in [5.74, 6) is 0.0854. The van der Waals surface area contributed by atoms with Crippen LogP contribution in [0.15, 0.2) is 53.2 Å². The van der Waals surface area contributed by atoms with Gasteiger partial charge in [0.1, 0.15) is 16.7 Å². The molecule has 268 valence electrons. The second-order valence-corrected chi connectivity index (χ2v) is 14.9. The van der Waals surface area contributed by atoms with Crippen molar-refractivity contribution >= 4 is 71.6 Å². The summed E-state index contributed by atoms with van der Waals surface area (Å²) >= 11 is 3.46. The molecule has 3 fully saturated rings. The topological polar surface area (TPSA) is 126 Å². The number of halogens is 1. The summed E-state index contributed by atoms with van der Waals surface area (Å²) in [6, 6.07) is 8.95. The van der Waals surface area contributed by atoms with Gasteiger partial charge >= 0.3 is 23.4 Å². The van der Waals surface area contributed by atoms with Crippen molar-refractivity contribution in [3.63, 3.8) is 0 Å². The molecule has 51 heavy (non-hydrogen) atoms. The Balaban J connectivity index is 1.21. The summed E-state index contributed by atoms with van der Waals surface area (Å²) in [5, 5.41) is 1.27. The van der Waals surface area contributed by atoms with Gasteiger partial charge in [-0.15, -0.1) is 0 Å². The van der Waals surface area contributed by atoms with Crippen LogP contribution in [0.3, 0.4) is 0 Å². The highest BCUT2D eigenvalue weighted by molar-refractivity contribution is 9.10. The average molecular weight is 762 g/mol. The van der Waals surface area contributed by atoms with E-state index >= 15 is 0 Å². The molecular weight excluding hydrogens is 720 g/mol. The van der Waals surface area contributed by atoms with Crippen molar-refractivity contribution < 1.29 is 27.9 Å². The minimum Gasteiger partial charge on any atom is -0.422 e. The van der Waals surface area contributed by atoms with Gasteiger partial charge in [-0.2, -0.15) is 0 Å². The van der Waals surface area contributed by atoms with Crippen LogP contribution in [0, 0.1) is 0 Å². The molecule has 3 saturated heterocycles. The third-order valence-corrected chi connectivity index (χ3v) is 11.9. The number of rotatable bonds is 5. The van der Waals surface area contributed by atoms with E-state index < -0.39 is 23.4 Å². The fourth-order valence-electron chi connectivity index (χ4n) is 8.31. The molecule has 0 bridgehead atoms. The van der Waals surface area contributed by atoms with Crippen molar-refractivity contribution in [1.82, 2.24) is 19.6 Å². The summed E-state index contributed by atoms with van der Waals surface area (Å²) in [4.78, 5) is 63.1. The first-order valence-electron chi connectivity index (χ1n) is 18.0. The lowest BCUT2D eigenvalue weighted by molar-refractivity contribution is 0.0881. The zero-order valence-corrected chi connectivity index (χ0v) is 30.5. The normalized spacial score (nSPS) is 18.5. The minimum absolute atomic E-state index is 0.0287. The van der Waals surface area contributed by atoms with Gasteiger partial charge in [0.05, 0.1) is 10.8 Å². The van der Waals surface area contributed by atoms with Gasteiger partial charge in [-0.3, -0.25) is 0 Å². The summed E-state index contributed by atoms with van der Waals surface area (Å²) < 4.78 is 24.5. The van der Waals surface area contributed by atoms with Gasteiger partial charge in [0, 0.05) is 58.9 Å². The van der Waals surface area contributed by atoms with Crippen LogP contribution in [-0.2, 0) is 0 Å². The highest BCUT2D eigenvalue weighted by atomic mass is 79.9. The lowest BCUT2D eigenvalue weighted by Crippen LogP contribution is -2.48. The number of amides is 2. The van der Waals surface area contributed by atoms with Crippen LogP contribution in [0.1, 0.15) is 51.9 Å². The molecule has 3 aliphatic rings. The van der Waals surface area contributed by atoms with Crippen molar-refractivity contribution in [3.05, 3.63) is 55.6 Å². The van der Waals surface area contributed by atoms with Crippen LogP contribution in [0.2, 0.25) is 0 Å². The molecule has 0 saturated carbocycles. The maximum Gasteiger partial charge on any atom is 0.415 e. The first-order valence-corrected chi connectivity index (χ1v) is 18.8. The molecule has 0 aliphatic carbocycles. The summed E-state index contributed by atoms with van der Waals surface area (Å²) in [6.07, 6.45) is 5.85. The highest BCUT2D eigenvalue weighted by Gasteiger charge is 2.33. The van der Waals surface area contributed by atoms with Gasteiger partial charge in [0.15, 0.2) is 11.3 Å². The van der Waals surface area contributed by atoms with Gasteiger partial charge in [-0.25, -0.2) is 19.2 Å². The molecular formula is C38H41BrN4O8. The van der Waals surface area contributed by atoms with E-state index in [1.54, 1.807) is 40.1 Å². The van der Waals surface area contributed by atoms with E-state index in [0.29, 0.717) is 48.1 Å². The third-order valence-electron chi connectivity index (χ3n) is 11.2. The molecule has 2 aromatic heterocycles. The molecule has 2 amide bonds. The standard InChI is InChI=1S/C38H41BrN4O8/c1-3-40(2)22-12-18-42(19-13-22)37(46)49-26-9-7-8-24-28(26)34-31-30-27(11-10-25(39)29(30)35(44)50-34)48-36(45)32(31)33(24)51-38(47)43-20-14-23(15-21-43)41-16-5-4-6-17-41/h7-11,22-23H,3-6,12-21H2,1-2H3. The number of hydrogen-bond donors (Lipinski definition) is 0. The van der Waals surface area contributed by atoms with Crippen LogP contribution >= 0.6 is 15.9 Å². The van der Waals surface area contributed by atoms with Crippen molar-refractivity contribution in [3.8, 4) is 11.5 Å². The van der Waals surface area contributed by atoms with E-state index in [9.17, 15) is 19.2 Å². The van der Waals surface area contributed by atoms with Crippen LogP contribution < -0.4 is 20.7 Å². The van der Waals surface area contributed by atoms with E-state index in [2.05, 4.69) is 39.7 Å². The van der Waals surface area contributed by atoms with Crippen molar-refractivity contribution in [2.75, 3.05) is 52.9 Å². The number of carbonyl (C=O) groups is 2. The first kappa shape index (κ1) is 33.9. The lowest BCUT2D eigenvalue weighted by atomic mass is 9.97. The highest BCUT2D eigenvalue weighted by Crippen LogP contribution is 2.46. The van der Waals surface area contributed by atoms with E-state index in [0.717, 1.165) is 45.3 Å². The van der Waals surface area contributed by atoms with Crippen LogP contribution in [0.5, 0.6) is 11.5 Å². The molecule has 0 atom stereocenters. The van der Waals surface area contributed by atoms with E-state index in [4.69, 9.17) is 18.3 Å². The fourth-order valence-corrected chi connectivity index (χ4v) is 8.80. The molecule has 13 heteroatoms. The molecule has 0 N–H and O–H groups in total. The van der Waals surface area contributed by atoms with Crippen LogP contribution in [-0.4, -0.2) is 96.7 Å². The lowest BCUT2D eigenvalue weighted by Gasteiger charge is -2.39. The first-order chi connectivity index (χ1) is 24.7. The summed E-state index contributed by atoms with van der Waals surface area (Å²) in [6.45, 7) is 7.33. The van der Waals surface area contributed by atoms with Crippen molar-refractivity contribution in [2.24, 2.45) is 0 Å². The predicted octanol–water partition coefficient (Wildman–Crippen LogP) is 6.77. The molecule has 5 heterocycles. The zero-order chi connectivity index (χ0) is 35.4. The Morgan fingerprint density at radius 3 is 2.16 bits per heavy atom. The Hall–Kier alpha value is -4.20. The number of fused-ring (bicyclic) bond motifs is 2. The number of ether oxygens (including phenoxy) is 2. The SMILES string of the molecule is CCN(C)C1CCN(C(=O)Oc2cccc3c(OC(=O)N4CCC(N5CCCCC5)CC4)c4c(=O)oc5ccc(Br)c6c(=O)oc(c23)c4c56)CC1. The minimum atomic E-state index is -0.749. The predicted molar refractivity (Wildman–Crippen MR) is 197 cm³/mol. The summed E-state index contributed by atoms with van der Waals surface area (Å²) in [5.41, 5.74) is -1.20.